The van der Waals surface area contributed by atoms with Crippen molar-refractivity contribution in [1.29, 1.82) is 0 Å². The molecule has 3 N–H and O–H groups in total. The van der Waals surface area contributed by atoms with Crippen molar-refractivity contribution < 1.29 is 21.6 Å². The third-order valence-corrected chi connectivity index (χ3v) is 9.24. The van der Waals surface area contributed by atoms with Gasteiger partial charge in [0.15, 0.2) is 9.84 Å². The first-order valence-corrected chi connectivity index (χ1v) is 13.8. The molecule has 5 rings (SSSR count). The molecule has 0 bridgehead atoms. The first kappa shape index (κ1) is 25.5. The molecule has 0 unspecified atom stereocenters. The molecule has 0 atom stereocenters. The molecule has 2 aromatic heterocycles. The molecule has 0 amide bonds. The highest BCUT2D eigenvalue weighted by Crippen LogP contribution is 2.32. The average Bonchev–Trinajstić information content (AvgIpc) is 2.87. The van der Waals surface area contributed by atoms with Gasteiger partial charge in [-0.25, -0.2) is 18.4 Å². The van der Waals surface area contributed by atoms with Crippen LogP contribution in [0.2, 0.25) is 0 Å². The van der Waals surface area contributed by atoms with Gasteiger partial charge in [0.2, 0.25) is 0 Å². The summed E-state index contributed by atoms with van der Waals surface area (Å²) >= 11 is 0. The molecular weight excluding hydrogens is 503 g/mol. The Balaban J connectivity index is 1.19. The predicted molar refractivity (Wildman–Crippen MR) is 136 cm³/mol. The van der Waals surface area contributed by atoms with E-state index in [1.54, 1.807) is 18.3 Å². The lowest BCUT2D eigenvalue weighted by Gasteiger charge is -2.29. The Labute approximate surface area is 213 Å². The van der Waals surface area contributed by atoms with Crippen LogP contribution in [-0.2, 0) is 16.0 Å². The Bertz CT molecular complexity index is 1320. The summed E-state index contributed by atoms with van der Waals surface area (Å²) in [5.74, 6) is 1.14. The molecule has 1 aromatic carbocycles. The van der Waals surface area contributed by atoms with Gasteiger partial charge in [0.05, 0.1) is 21.8 Å². The number of aromatic nitrogens is 2. The van der Waals surface area contributed by atoms with Crippen molar-refractivity contribution >= 4 is 21.5 Å². The van der Waals surface area contributed by atoms with E-state index < -0.39 is 26.8 Å². The maximum absolute atomic E-state index is 13.3. The maximum Gasteiger partial charge on any atom is 0.417 e. The zero-order chi connectivity index (χ0) is 26.0. The summed E-state index contributed by atoms with van der Waals surface area (Å²) in [6.07, 6.45) is 0.234. The van der Waals surface area contributed by atoms with Crippen LogP contribution in [0.15, 0.2) is 65.8 Å². The minimum atomic E-state index is -4.43. The Morgan fingerprint density at radius 1 is 0.811 bits per heavy atom. The van der Waals surface area contributed by atoms with Crippen molar-refractivity contribution in [2.24, 2.45) is 0 Å². The number of pyridine rings is 2. The fourth-order valence-electron chi connectivity index (χ4n) is 4.69. The quantitative estimate of drug-likeness (QED) is 0.405. The van der Waals surface area contributed by atoms with E-state index in [2.05, 4.69) is 25.9 Å². The molecule has 3 heterocycles. The monoisotopic (exact) mass is 531 g/mol. The van der Waals surface area contributed by atoms with Gasteiger partial charge < -0.3 is 16.0 Å². The van der Waals surface area contributed by atoms with E-state index in [9.17, 15) is 21.6 Å². The van der Waals surface area contributed by atoms with Crippen molar-refractivity contribution in [3.63, 3.8) is 0 Å². The molecule has 11 heteroatoms. The highest BCUT2D eigenvalue weighted by Gasteiger charge is 2.33. The highest BCUT2D eigenvalue weighted by molar-refractivity contribution is 7.92. The van der Waals surface area contributed by atoms with E-state index in [1.807, 2.05) is 24.3 Å². The molecular formula is C26H28F3N5O2S. The van der Waals surface area contributed by atoms with Gasteiger partial charge in [-0.1, -0.05) is 12.1 Å². The Morgan fingerprint density at radius 3 is 2.11 bits per heavy atom. The van der Waals surface area contributed by atoms with Gasteiger partial charge >= 0.3 is 6.18 Å². The Morgan fingerprint density at radius 2 is 1.51 bits per heavy atom. The third kappa shape index (κ3) is 5.88. The van der Waals surface area contributed by atoms with Crippen LogP contribution in [0.5, 0.6) is 0 Å². The topological polar surface area (TPSA) is 96.0 Å². The number of nitrogens with zero attached hydrogens (tertiary/aromatic N) is 2. The van der Waals surface area contributed by atoms with Crippen LogP contribution in [0.3, 0.4) is 0 Å². The second kappa shape index (κ2) is 10.3. The second-order valence-electron chi connectivity index (χ2n) is 9.55. The minimum absolute atomic E-state index is 0.0386. The number of hydrogen-bond donors (Lipinski definition) is 3. The van der Waals surface area contributed by atoms with Crippen molar-refractivity contribution in [3.05, 3.63) is 66.5 Å². The Kier molecular flexibility index (Phi) is 7.09. The predicted octanol–water partition coefficient (Wildman–Crippen LogP) is 4.74. The van der Waals surface area contributed by atoms with Gasteiger partial charge in [-0.05, 0) is 73.2 Å². The summed E-state index contributed by atoms with van der Waals surface area (Å²) in [7, 11) is -3.50. The van der Waals surface area contributed by atoms with Crippen LogP contribution in [0, 0.1) is 0 Å². The lowest BCUT2D eigenvalue weighted by Crippen LogP contribution is -2.51. The molecule has 3 aromatic rings. The zero-order valence-electron chi connectivity index (χ0n) is 20.0. The fourth-order valence-corrected chi connectivity index (χ4v) is 6.49. The number of halogens is 3. The van der Waals surface area contributed by atoms with Crippen LogP contribution in [-0.4, -0.2) is 48.8 Å². The van der Waals surface area contributed by atoms with Crippen molar-refractivity contribution in [1.82, 2.24) is 15.3 Å². The molecule has 7 nitrogen and oxygen atoms in total. The molecule has 1 saturated carbocycles. The first-order chi connectivity index (χ1) is 17.7. The maximum atomic E-state index is 13.3. The van der Waals surface area contributed by atoms with Crippen molar-refractivity contribution in [3.8, 4) is 11.1 Å². The SMILES string of the molecule is O=S(=O)(c1ccc(-c2ccnc(NC3CNC3)c2)cc1)[C@H]1CC[C@H](Nc2ccc(C(F)(F)F)cn2)CC1. The summed E-state index contributed by atoms with van der Waals surface area (Å²) < 4.78 is 64.7. The smallest absolute Gasteiger partial charge is 0.367 e. The Hall–Kier alpha value is -3.18. The number of rotatable bonds is 7. The van der Waals surface area contributed by atoms with Crippen LogP contribution >= 0.6 is 0 Å². The zero-order valence-corrected chi connectivity index (χ0v) is 20.8. The number of anilines is 2. The molecule has 2 aliphatic rings. The number of benzene rings is 1. The summed E-state index contributed by atoms with van der Waals surface area (Å²) in [5, 5.41) is 9.22. The van der Waals surface area contributed by atoms with Crippen LogP contribution in [0.1, 0.15) is 31.2 Å². The molecule has 1 aliphatic carbocycles. The van der Waals surface area contributed by atoms with Gasteiger partial charge in [0.25, 0.3) is 0 Å². The van der Waals surface area contributed by atoms with Crippen LogP contribution < -0.4 is 16.0 Å². The van der Waals surface area contributed by atoms with E-state index in [1.165, 1.54) is 6.07 Å². The van der Waals surface area contributed by atoms with Gasteiger partial charge in [0, 0.05) is 31.5 Å². The molecule has 1 saturated heterocycles. The minimum Gasteiger partial charge on any atom is -0.367 e. The average molecular weight is 532 g/mol. The molecule has 0 spiro atoms. The molecule has 196 valence electrons. The van der Waals surface area contributed by atoms with Gasteiger partial charge in [0.1, 0.15) is 11.6 Å². The molecule has 0 radical (unpaired) electrons. The second-order valence-corrected chi connectivity index (χ2v) is 11.8. The van der Waals surface area contributed by atoms with Crippen molar-refractivity contribution in [2.75, 3.05) is 23.7 Å². The lowest BCUT2D eigenvalue weighted by molar-refractivity contribution is -0.137. The standard InChI is InChI=1S/C26H28F3N5O2S/c27-26(28,29)19-3-10-24(32-14-19)33-20-4-8-23(9-5-20)37(35,36)22-6-1-17(2-7-22)18-11-12-31-25(13-18)34-21-15-30-16-21/h1-3,6-7,10-14,20-21,23,30H,4-5,8-9,15-16H2,(H,31,34)(H,32,33)/t20-,23-. The first-order valence-electron chi connectivity index (χ1n) is 12.3. The van der Waals surface area contributed by atoms with Crippen LogP contribution in [0.4, 0.5) is 24.8 Å². The highest BCUT2D eigenvalue weighted by atomic mass is 32.2. The van der Waals surface area contributed by atoms with Gasteiger partial charge in [-0.3, -0.25) is 0 Å². The number of nitrogens with one attached hydrogen (secondary N) is 3. The largest absolute Gasteiger partial charge is 0.417 e. The van der Waals surface area contributed by atoms with E-state index in [4.69, 9.17) is 0 Å². The van der Waals surface area contributed by atoms with Gasteiger partial charge in [-0.15, -0.1) is 0 Å². The van der Waals surface area contributed by atoms with Crippen LogP contribution in [0.25, 0.3) is 11.1 Å². The summed E-state index contributed by atoms with van der Waals surface area (Å²) in [5.41, 5.74) is 1.07. The van der Waals surface area contributed by atoms with Crippen molar-refractivity contribution in [2.45, 2.75) is 54.1 Å². The van der Waals surface area contributed by atoms with E-state index in [0.717, 1.165) is 42.3 Å². The molecule has 1 aliphatic heterocycles. The molecule has 2 fully saturated rings. The summed E-state index contributed by atoms with van der Waals surface area (Å²) in [6.45, 7) is 1.81. The fraction of sp³-hybridized carbons (Fsp3) is 0.385. The number of hydrogen-bond acceptors (Lipinski definition) is 7. The van der Waals surface area contributed by atoms with E-state index >= 15 is 0 Å². The normalized spacial score (nSPS) is 20.7. The molecule has 37 heavy (non-hydrogen) atoms. The number of alkyl halides is 3. The summed E-state index contributed by atoms with van der Waals surface area (Å²) in [4.78, 5) is 8.51. The van der Waals surface area contributed by atoms with Gasteiger partial charge in [-0.2, -0.15) is 13.2 Å². The summed E-state index contributed by atoms with van der Waals surface area (Å²) in [6, 6.07) is 13.4. The van der Waals surface area contributed by atoms with E-state index in [0.29, 0.717) is 42.4 Å². The van der Waals surface area contributed by atoms with E-state index in [-0.39, 0.29) is 6.04 Å². The third-order valence-electron chi connectivity index (χ3n) is 6.97. The lowest BCUT2D eigenvalue weighted by atomic mass is 9.95. The number of sulfone groups is 1.